The smallest absolute Gasteiger partial charge is 0.279 e. The monoisotopic (exact) mass is 425 g/mol. The highest BCUT2D eigenvalue weighted by molar-refractivity contribution is 7.89. The van der Waals surface area contributed by atoms with Crippen molar-refractivity contribution in [2.45, 2.75) is 31.8 Å². The SMILES string of the molecule is Cc1cccc(OC(C)C(=O)NNC(=O)c2ccc(Cl)c(S(N)(=O)=O)c2)c1C. The van der Waals surface area contributed by atoms with Gasteiger partial charge in [0.25, 0.3) is 11.8 Å². The standard InChI is InChI=1S/C18H20ClN3O5S/c1-10-5-4-6-15(11(10)2)27-12(3)17(23)21-22-18(24)13-7-8-14(19)16(9-13)28(20,25)26/h4-9,12H,1-3H3,(H,21,23)(H,22,24)(H2,20,25,26). The first-order valence-electron chi connectivity index (χ1n) is 8.16. The number of nitrogens with two attached hydrogens (primary N) is 1. The van der Waals surface area contributed by atoms with Crippen LogP contribution in [0, 0.1) is 13.8 Å². The molecule has 2 aromatic rings. The molecule has 0 aromatic heterocycles. The zero-order valence-electron chi connectivity index (χ0n) is 15.4. The molecular formula is C18H20ClN3O5S. The molecular weight excluding hydrogens is 406 g/mol. The lowest BCUT2D eigenvalue weighted by Crippen LogP contribution is -2.47. The number of halogens is 1. The number of sulfonamides is 1. The lowest BCUT2D eigenvalue weighted by molar-refractivity contribution is -0.128. The molecule has 2 amide bonds. The summed E-state index contributed by atoms with van der Waals surface area (Å²) >= 11 is 5.78. The first kappa shape index (κ1) is 21.7. The van der Waals surface area contributed by atoms with Crippen molar-refractivity contribution >= 4 is 33.4 Å². The fraction of sp³-hybridized carbons (Fsp3) is 0.222. The number of benzene rings is 2. The summed E-state index contributed by atoms with van der Waals surface area (Å²) in [7, 11) is -4.10. The Labute approximate surface area is 168 Å². The molecule has 0 heterocycles. The third kappa shape index (κ3) is 5.22. The van der Waals surface area contributed by atoms with Gasteiger partial charge in [-0.15, -0.1) is 0 Å². The summed E-state index contributed by atoms with van der Waals surface area (Å²) in [5, 5.41) is 4.94. The molecule has 0 aliphatic rings. The first-order valence-corrected chi connectivity index (χ1v) is 10.1. The van der Waals surface area contributed by atoms with Gasteiger partial charge in [0.15, 0.2) is 6.10 Å². The zero-order valence-corrected chi connectivity index (χ0v) is 17.0. The van der Waals surface area contributed by atoms with Gasteiger partial charge in [0.2, 0.25) is 10.0 Å². The molecule has 0 aliphatic carbocycles. The number of hydrogen-bond donors (Lipinski definition) is 3. The summed E-state index contributed by atoms with van der Waals surface area (Å²) in [6, 6.07) is 9.03. The van der Waals surface area contributed by atoms with E-state index in [1.54, 1.807) is 6.07 Å². The minimum atomic E-state index is -4.10. The second kappa shape index (κ2) is 8.59. The van der Waals surface area contributed by atoms with E-state index in [0.717, 1.165) is 17.2 Å². The van der Waals surface area contributed by atoms with Gasteiger partial charge < -0.3 is 4.74 Å². The van der Waals surface area contributed by atoms with Crippen molar-refractivity contribution in [2.75, 3.05) is 0 Å². The van der Waals surface area contributed by atoms with E-state index in [1.807, 2.05) is 26.0 Å². The van der Waals surface area contributed by atoms with E-state index in [1.165, 1.54) is 19.1 Å². The molecule has 4 N–H and O–H groups in total. The third-order valence-corrected chi connectivity index (χ3v) is 5.42. The van der Waals surface area contributed by atoms with Gasteiger partial charge >= 0.3 is 0 Å². The molecule has 0 fully saturated rings. The summed E-state index contributed by atoms with van der Waals surface area (Å²) in [5.41, 5.74) is 6.30. The van der Waals surface area contributed by atoms with E-state index in [4.69, 9.17) is 21.5 Å². The van der Waals surface area contributed by atoms with Crippen LogP contribution in [0.2, 0.25) is 5.02 Å². The Hall–Kier alpha value is -2.62. The molecule has 1 atom stereocenters. The normalized spacial score (nSPS) is 12.2. The van der Waals surface area contributed by atoms with E-state index in [0.29, 0.717) is 5.75 Å². The van der Waals surface area contributed by atoms with Crippen LogP contribution in [0.25, 0.3) is 0 Å². The number of ether oxygens (including phenoxy) is 1. The third-order valence-electron chi connectivity index (χ3n) is 4.03. The Kier molecular flexibility index (Phi) is 6.65. The lowest BCUT2D eigenvalue weighted by atomic mass is 10.1. The second-order valence-corrected chi connectivity index (χ2v) is 8.03. The van der Waals surface area contributed by atoms with E-state index in [-0.39, 0.29) is 15.5 Å². The number of carbonyl (C=O) groups is 2. The highest BCUT2D eigenvalue weighted by Gasteiger charge is 2.19. The highest BCUT2D eigenvalue weighted by Crippen LogP contribution is 2.22. The van der Waals surface area contributed by atoms with Crippen molar-refractivity contribution in [3.63, 3.8) is 0 Å². The second-order valence-electron chi connectivity index (χ2n) is 6.09. The predicted molar refractivity (Wildman–Crippen MR) is 104 cm³/mol. The van der Waals surface area contributed by atoms with Crippen LogP contribution >= 0.6 is 11.6 Å². The summed E-state index contributed by atoms with van der Waals surface area (Å²) in [6.45, 7) is 5.33. The Morgan fingerprint density at radius 2 is 1.82 bits per heavy atom. The highest BCUT2D eigenvalue weighted by atomic mass is 35.5. The quantitative estimate of drug-likeness (QED) is 0.629. The van der Waals surface area contributed by atoms with Gasteiger partial charge in [-0.05, 0) is 56.2 Å². The van der Waals surface area contributed by atoms with Crippen molar-refractivity contribution in [1.29, 1.82) is 0 Å². The molecule has 0 aliphatic heterocycles. The van der Waals surface area contributed by atoms with Crippen molar-refractivity contribution in [3.8, 4) is 5.75 Å². The van der Waals surface area contributed by atoms with E-state index in [2.05, 4.69) is 10.9 Å². The summed E-state index contributed by atoms with van der Waals surface area (Å²) in [6.07, 6.45) is -0.883. The number of nitrogens with one attached hydrogen (secondary N) is 2. The number of aryl methyl sites for hydroxylation is 1. The maximum atomic E-state index is 12.2. The minimum absolute atomic E-state index is 0.0446. The van der Waals surface area contributed by atoms with Gasteiger partial charge in [-0.3, -0.25) is 20.4 Å². The average Bonchev–Trinajstić information content (AvgIpc) is 2.62. The predicted octanol–water partition coefficient (Wildman–Crippen LogP) is 1.83. The largest absolute Gasteiger partial charge is 0.481 e. The Bertz CT molecular complexity index is 1020. The van der Waals surface area contributed by atoms with Gasteiger partial charge in [0.1, 0.15) is 10.6 Å². The fourth-order valence-corrected chi connectivity index (χ4v) is 3.32. The van der Waals surface area contributed by atoms with Gasteiger partial charge in [0, 0.05) is 5.56 Å². The molecule has 28 heavy (non-hydrogen) atoms. The molecule has 2 aromatic carbocycles. The number of rotatable bonds is 5. The van der Waals surface area contributed by atoms with Crippen molar-refractivity contribution < 1.29 is 22.7 Å². The number of hydrazine groups is 1. The van der Waals surface area contributed by atoms with Crippen LogP contribution in [-0.4, -0.2) is 26.3 Å². The maximum absolute atomic E-state index is 12.2. The van der Waals surface area contributed by atoms with Crippen LogP contribution in [0.4, 0.5) is 0 Å². The summed E-state index contributed by atoms with van der Waals surface area (Å²) in [4.78, 5) is 24.0. The first-order chi connectivity index (χ1) is 13.0. The number of carbonyl (C=O) groups excluding carboxylic acids is 2. The van der Waals surface area contributed by atoms with Crippen LogP contribution in [0.15, 0.2) is 41.3 Å². The molecule has 8 nitrogen and oxygen atoms in total. The molecule has 0 saturated carbocycles. The van der Waals surface area contributed by atoms with E-state index >= 15 is 0 Å². The van der Waals surface area contributed by atoms with E-state index < -0.39 is 27.9 Å². The van der Waals surface area contributed by atoms with E-state index in [9.17, 15) is 18.0 Å². The lowest BCUT2D eigenvalue weighted by Gasteiger charge is -2.17. The molecule has 0 saturated heterocycles. The average molecular weight is 426 g/mol. The summed E-state index contributed by atoms with van der Waals surface area (Å²) in [5.74, 6) is -0.770. The van der Waals surface area contributed by atoms with Crippen LogP contribution < -0.4 is 20.7 Å². The minimum Gasteiger partial charge on any atom is -0.481 e. The summed E-state index contributed by atoms with van der Waals surface area (Å²) < 4.78 is 28.6. The molecule has 0 bridgehead atoms. The van der Waals surface area contributed by atoms with Crippen LogP contribution in [0.3, 0.4) is 0 Å². The van der Waals surface area contributed by atoms with Crippen LogP contribution in [0.5, 0.6) is 5.75 Å². The Morgan fingerprint density at radius 1 is 1.14 bits per heavy atom. The maximum Gasteiger partial charge on any atom is 0.279 e. The molecule has 0 radical (unpaired) electrons. The number of hydrogen-bond acceptors (Lipinski definition) is 5. The zero-order chi connectivity index (χ0) is 21.1. The van der Waals surface area contributed by atoms with Gasteiger partial charge in [-0.2, -0.15) is 0 Å². The Balaban J connectivity index is 2.02. The van der Waals surface area contributed by atoms with Gasteiger partial charge in [0.05, 0.1) is 5.02 Å². The number of amides is 2. The molecule has 150 valence electrons. The molecule has 1 unspecified atom stereocenters. The Morgan fingerprint density at radius 3 is 2.46 bits per heavy atom. The van der Waals surface area contributed by atoms with Crippen molar-refractivity contribution in [1.82, 2.24) is 10.9 Å². The van der Waals surface area contributed by atoms with Gasteiger partial charge in [-0.25, -0.2) is 13.6 Å². The van der Waals surface area contributed by atoms with Crippen molar-refractivity contribution in [3.05, 3.63) is 58.1 Å². The fourth-order valence-electron chi connectivity index (χ4n) is 2.25. The topological polar surface area (TPSA) is 128 Å². The van der Waals surface area contributed by atoms with Gasteiger partial charge in [-0.1, -0.05) is 23.7 Å². The number of primary sulfonamides is 1. The van der Waals surface area contributed by atoms with Crippen LogP contribution in [-0.2, 0) is 14.8 Å². The molecule has 10 heteroatoms. The van der Waals surface area contributed by atoms with Crippen LogP contribution in [0.1, 0.15) is 28.4 Å². The molecule has 0 spiro atoms. The van der Waals surface area contributed by atoms with Crippen molar-refractivity contribution in [2.24, 2.45) is 5.14 Å². The molecule has 2 rings (SSSR count).